The molecule has 0 aliphatic carbocycles. The highest BCUT2D eigenvalue weighted by atomic mass is 35.5. The molecule has 0 amide bonds. The first-order valence-electron chi connectivity index (χ1n) is 5.64. The van der Waals surface area contributed by atoms with Gasteiger partial charge in [-0.3, -0.25) is 0 Å². The van der Waals surface area contributed by atoms with Crippen molar-refractivity contribution >= 4 is 11.6 Å². The monoisotopic (exact) mass is 261 g/mol. The summed E-state index contributed by atoms with van der Waals surface area (Å²) in [6, 6.07) is 9.38. The van der Waals surface area contributed by atoms with E-state index in [0.717, 1.165) is 5.56 Å². The first-order valence-corrected chi connectivity index (χ1v) is 6.02. The molecule has 0 saturated heterocycles. The van der Waals surface area contributed by atoms with Gasteiger partial charge >= 0.3 is 0 Å². The van der Waals surface area contributed by atoms with Gasteiger partial charge in [0.2, 0.25) is 11.7 Å². The van der Waals surface area contributed by atoms with Crippen LogP contribution in [0, 0.1) is 17.2 Å². The summed E-state index contributed by atoms with van der Waals surface area (Å²) in [7, 11) is 0. The second-order valence-electron chi connectivity index (χ2n) is 4.19. The van der Waals surface area contributed by atoms with Crippen molar-refractivity contribution in [3.05, 3.63) is 35.2 Å². The highest BCUT2D eigenvalue weighted by molar-refractivity contribution is 6.30. The maximum atomic E-state index is 8.59. The molecule has 0 spiro atoms. The molecule has 1 atom stereocenters. The molecule has 1 aromatic heterocycles. The Morgan fingerprint density at radius 2 is 2.11 bits per heavy atom. The molecule has 0 aliphatic heterocycles. The molecule has 2 rings (SSSR count). The van der Waals surface area contributed by atoms with E-state index in [4.69, 9.17) is 21.4 Å². The van der Waals surface area contributed by atoms with Gasteiger partial charge in [0, 0.05) is 23.4 Å². The van der Waals surface area contributed by atoms with Gasteiger partial charge in [0.25, 0.3) is 0 Å². The Kier molecular flexibility index (Phi) is 3.96. The predicted molar refractivity (Wildman–Crippen MR) is 67.8 cm³/mol. The molecule has 18 heavy (non-hydrogen) atoms. The summed E-state index contributed by atoms with van der Waals surface area (Å²) in [6.07, 6.45) is 1.10. The van der Waals surface area contributed by atoms with Crippen molar-refractivity contribution in [2.45, 2.75) is 19.8 Å². The van der Waals surface area contributed by atoms with Crippen LogP contribution in [0.5, 0.6) is 0 Å². The van der Waals surface area contributed by atoms with Crippen molar-refractivity contribution in [2.24, 2.45) is 5.92 Å². The molecule has 1 unspecified atom stereocenters. The first kappa shape index (κ1) is 12.6. The van der Waals surface area contributed by atoms with E-state index in [0.29, 0.717) is 29.6 Å². The largest absolute Gasteiger partial charge is 0.339 e. The molecule has 0 N–H and O–H groups in total. The molecular weight excluding hydrogens is 250 g/mol. The molecule has 2 aromatic rings. The summed E-state index contributed by atoms with van der Waals surface area (Å²) >= 11 is 5.81. The number of nitrogens with zero attached hydrogens (tertiary/aromatic N) is 3. The molecule has 1 aromatic carbocycles. The lowest BCUT2D eigenvalue weighted by molar-refractivity contribution is 0.359. The predicted octanol–water partition coefficient (Wildman–Crippen LogP) is 3.48. The molecule has 4 nitrogen and oxygen atoms in total. The van der Waals surface area contributed by atoms with E-state index >= 15 is 0 Å². The van der Waals surface area contributed by atoms with Gasteiger partial charge in [-0.2, -0.15) is 10.2 Å². The van der Waals surface area contributed by atoms with E-state index < -0.39 is 0 Å². The van der Waals surface area contributed by atoms with Crippen molar-refractivity contribution in [3.8, 4) is 17.5 Å². The second kappa shape index (κ2) is 5.65. The number of benzene rings is 1. The van der Waals surface area contributed by atoms with Crippen LogP contribution in [0.4, 0.5) is 0 Å². The van der Waals surface area contributed by atoms with Crippen LogP contribution in [0.25, 0.3) is 11.4 Å². The zero-order chi connectivity index (χ0) is 13.0. The number of nitriles is 1. The van der Waals surface area contributed by atoms with Crippen molar-refractivity contribution < 1.29 is 4.52 Å². The smallest absolute Gasteiger partial charge is 0.227 e. The average molecular weight is 262 g/mol. The minimum atomic E-state index is 0.216. The fraction of sp³-hybridized carbons (Fsp3) is 0.308. The van der Waals surface area contributed by atoms with E-state index in [1.165, 1.54) is 0 Å². The Morgan fingerprint density at radius 1 is 1.39 bits per heavy atom. The van der Waals surface area contributed by atoms with Gasteiger partial charge in [-0.05, 0) is 30.2 Å². The van der Waals surface area contributed by atoms with Crippen LogP contribution in [0.15, 0.2) is 28.8 Å². The van der Waals surface area contributed by atoms with Gasteiger partial charge in [0.1, 0.15) is 0 Å². The first-order chi connectivity index (χ1) is 8.69. The topological polar surface area (TPSA) is 62.7 Å². The third-order valence-electron chi connectivity index (χ3n) is 2.53. The molecule has 0 aliphatic rings. The zero-order valence-corrected chi connectivity index (χ0v) is 10.7. The third kappa shape index (κ3) is 3.08. The number of hydrogen-bond donors (Lipinski definition) is 0. The summed E-state index contributed by atoms with van der Waals surface area (Å²) in [6.45, 7) is 1.98. The SMILES string of the molecule is CC(CC#N)Cc1nc(-c2ccc(Cl)cc2)no1. The van der Waals surface area contributed by atoms with E-state index in [2.05, 4.69) is 16.2 Å². The Morgan fingerprint density at radius 3 is 2.78 bits per heavy atom. The van der Waals surface area contributed by atoms with E-state index in [9.17, 15) is 0 Å². The summed E-state index contributed by atoms with van der Waals surface area (Å²) < 4.78 is 5.16. The van der Waals surface area contributed by atoms with Gasteiger partial charge in [-0.1, -0.05) is 23.7 Å². The average Bonchev–Trinajstić information content (AvgIpc) is 2.78. The fourth-order valence-corrected chi connectivity index (χ4v) is 1.71. The third-order valence-corrected chi connectivity index (χ3v) is 2.79. The Hall–Kier alpha value is -1.86. The molecule has 0 saturated carbocycles. The molecule has 0 fully saturated rings. The molecule has 5 heteroatoms. The maximum absolute atomic E-state index is 8.59. The number of rotatable bonds is 4. The fourth-order valence-electron chi connectivity index (χ4n) is 1.58. The molecule has 0 bridgehead atoms. The van der Waals surface area contributed by atoms with Crippen molar-refractivity contribution in [3.63, 3.8) is 0 Å². The van der Waals surface area contributed by atoms with Crippen LogP contribution in [0.2, 0.25) is 5.02 Å². The standard InChI is InChI=1S/C13H12ClN3O/c1-9(6-7-15)8-12-16-13(17-18-12)10-2-4-11(14)5-3-10/h2-5,9H,6,8H2,1H3. The number of hydrogen-bond acceptors (Lipinski definition) is 4. The van der Waals surface area contributed by atoms with Gasteiger partial charge in [0.15, 0.2) is 0 Å². The van der Waals surface area contributed by atoms with E-state index in [1.54, 1.807) is 12.1 Å². The minimum Gasteiger partial charge on any atom is -0.339 e. The van der Waals surface area contributed by atoms with Crippen molar-refractivity contribution in [1.82, 2.24) is 10.1 Å². The number of halogens is 1. The van der Waals surface area contributed by atoms with Crippen LogP contribution in [0.1, 0.15) is 19.2 Å². The normalized spacial score (nSPS) is 12.1. The van der Waals surface area contributed by atoms with Gasteiger partial charge in [0.05, 0.1) is 6.07 Å². The van der Waals surface area contributed by atoms with Crippen molar-refractivity contribution in [2.75, 3.05) is 0 Å². The van der Waals surface area contributed by atoms with Gasteiger partial charge in [-0.15, -0.1) is 0 Å². The minimum absolute atomic E-state index is 0.216. The van der Waals surface area contributed by atoms with Gasteiger partial charge in [-0.25, -0.2) is 0 Å². The second-order valence-corrected chi connectivity index (χ2v) is 4.63. The van der Waals surface area contributed by atoms with Crippen molar-refractivity contribution in [1.29, 1.82) is 5.26 Å². The summed E-state index contributed by atoms with van der Waals surface area (Å²) in [4.78, 5) is 4.30. The van der Waals surface area contributed by atoms with Crippen LogP contribution in [-0.4, -0.2) is 10.1 Å². The van der Waals surface area contributed by atoms with Crippen LogP contribution >= 0.6 is 11.6 Å². The highest BCUT2D eigenvalue weighted by Crippen LogP contribution is 2.19. The maximum Gasteiger partial charge on any atom is 0.227 e. The quantitative estimate of drug-likeness (QED) is 0.845. The number of aromatic nitrogens is 2. The highest BCUT2D eigenvalue weighted by Gasteiger charge is 2.11. The molecule has 1 heterocycles. The molecule has 0 radical (unpaired) electrons. The Balaban J connectivity index is 2.11. The Bertz CT molecular complexity index is 556. The summed E-state index contributed by atoms with van der Waals surface area (Å²) in [5, 5.41) is 13.2. The lowest BCUT2D eigenvalue weighted by Crippen LogP contribution is -1.98. The van der Waals surface area contributed by atoms with Crippen LogP contribution < -0.4 is 0 Å². The lowest BCUT2D eigenvalue weighted by Gasteiger charge is -2.00. The zero-order valence-electron chi connectivity index (χ0n) is 9.93. The van der Waals surface area contributed by atoms with Crippen LogP contribution in [-0.2, 0) is 6.42 Å². The molecular formula is C13H12ClN3O. The van der Waals surface area contributed by atoms with E-state index in [-0.39, 0.29) is 5.92 Å². The Labute approximate surface area is 110 Å². The summed E-state index contributed by atoms with van der Waals surface area (Å²) in [5.41, 5.74) is 0.863. The van der Waals surface area contributed by atoms with Crippen LogP contribution in [0.3, 0.4) is 0 Å². The van der Waals surface area contributed by atoms with Gasteiger partial charge < -0.3 is 4.52 Å². The molecule has 92 valence electrons. The lowest BCUT2D eigenvalue weighted by atomic mass is 10.1. The van der Waals surface area contributed by atoms with E-state index in [1.807, 2.05) is 19.1 Å². The summed E-state index contributed by atoms with van der Waals surface area (Å²) in [5.74, 6) is 1.32.